The Kier molecular flexibility index (Phi) is 8.15. The largest absolute Gasteiger partial charge is 0.276 e. The van der Waals surface area contributed by atoms with Gasteiger partial charge in [-0.05, 0) is 50.6 Å². The number of rotatable bonds is 6. The van der Waals surface area contributed by atoms with Crippen LogP contribution in [0.1, 0.15) is 47.1 Å². The highest BCUT2D eigenvalue weighted by Crippen LogP contribution is 2.30. The molecular formula is C25H22Cl2N4O6. The van der Waals surface area contributed by atoms with Crippen LogP contribution in [0.4, 0.5) is 11.4 Å². The van der Waals surface area contributed by atoms with Crippen molar-refractivity contribution in [1.29, 1.82) is 0 Å². The smallest absolute Gasteiger partial charge is 0.267 e. The van der Waals surface area contributed by atoms with Crippen LogP contribution >= 0.6 is 23.2 Å². The number of carbonyl (C=O) groups excluding carboxylic acids is 2. The number of hydrogen-bond donors (Lipinski definition) is 0. The number of amides is 2. The van der Waals surface area contributed by atoms with Crippen molar-refractivity contribution < 1.29 is 19.4 Å². The van der Waals surface area contributed by atoms with Crippen LogP contribution in [0.3, 0.4) is 0 Å². The molecule has 0 fully saturated rings. The van der Waals surface area contributed by atoms with Crippen molar-refractivity contribution in [2.45, 2.75) is 32.9 Å². The first-order valence-corrected chi connectivity index (χ1v) is 11.6. The second-order valence-electron chi connectivity index (χ2n) is 8.98. The summed E-state index contributed by atoms with van der Waals surface area (Å²) in [6.07, 6.45) is 0. The van der Waals surface area contributed by atoms with Crippen LogP contribution in [0, 0.1) is 20.2 Å². The molecule has 0 N–H and O–H groups in total. The van der Waals surface area contributed by atoms with Gasteiger partial charge in [-0.25, -0.2) is 10.0 Å². The van der Waals surface area contributed by atoms with E-state index in [1.807, 2.05) is 0 Å². The lowest BCUT2D eigenvalue weighted by Gasteiger charge is -2.43. The number of nitro groups is 2. The Balaban J connectivity index is 2.23. The van der Waals surface area contributed by atoms with Gasteiger partial charge in [0.25, 0.3) is 23.2 Å². The number of nitrogens with zero attached hydrogens (tertiary/aromatic N) is 4. The number of halogens is 2. The van der Waals surface area contributed by atoms with Crippen molar-refractivity contribution in [3.8, 4) is 0 Å². The molecule has 0 heterocycles. The van der Waals surface area contributed by atoms with Crippen molar-refractivity contribution in [3.63, 3.8) is 0 Å². The molecule has 3 aromatic carbocycles. The summed E-state index contributed by atoms with van der Waals surface area (Å²) >= 11 is 12.6. The second kappa shape index (κ2) is 10.9. The Morgan fingerprint density at radius 3 is 1.62 bits per heavy atom. The van der Waals surface area contributed by atoms with Crippen LogP contribution in [0.2, 0.25) is 10.0 Å². The number of carbonyl (C=O) groups is 2. The quantitative estimate of drug-likeness (QED) is 0.264. The van der Waals surface area contributed by atoms with E-state index in [2.05, 4.69) is 0 Å². The zero-order valence-electron chi connectivity index (χ0n) is 20.1. The van der Waals surface area contributed by atoms with Gasteiger partial charge in [0.05, 0.1) is 49.2 Å². The van der Waals surface area contributed by atoms with E-state index in [1.54, 1.807) is 45.0 Å². The van der Waals surface area contributed by atoms with Gasteiger partial charge in [0.15, 0.2) is 0 Å². The zero-order valence-corrected chi connectivity index (χ0v) is 21.6. The molecule has 0 aliphatic rings. The van der Waals surface area contributed by atoms with Gasteiger partial charge in [0.2, 0.25) is 0 Å². The number of hydrazine groups is 1. The van der Waals surface area contributed by atoms with Crippen molar-refractivity contribution in [3.05, 3.63) is 114 Å². The fraction of sp³-hybridized carbons (Fsp3) is 0.200. The van der Waals surface area contributed by atoms with Crippen LogP contribution in [-0.2, 0) is 6.54 Å². The molecule has 192 valence electrons. The summed E-state index contributed by atoms with van der Waals surface area (Å²) in [6.45, 7) is 4.64. The summed E-state index contributed by atoms with van der Waals surface area (Å²) in [4.78, 5) is 49.0. The van der Waals surface area contributed by atoms with Crippen molar-refractivity contribution in [1.82, 2.24) is 10.0 Å². The van der Waals surface area contributed by atoms with E-state index in [4.69, 9.17) is 23.2 Å². The minimum absolute atomic E-state index is 0.0579. The van der Waals surface area contributed by atoms with Gasteiger partial charge in [0.1, 0.15) is 0 Å². The van der Waals surface area contributed by atoms with Crippen molar-refractivity contribution >= 4 is 46.4 Å². The van der Waals surface area contributed by atoms with Gasteiger partial charge in [-0.2, -0.15) is 0 Å². The average Bonchev–Trinajstić information content (AvgIpc) is 2.82. The van der Waals surface area contributed by atoms with E-state index in [0.717, 1.165) is 23.2 Å². The minimum Gasteiger partial charge on any atom is -0.267 e. The molecule has 0 aliphatic carbocycles. The van der Waals surface area contributed by atoms with E-state index in [0.29, 0.717) is 0 Å². The first-order chi connectivity index (χ1) is 17.3. The molecular weight excluding hydrogens is 523 g/mol. The van der Waals surface area contributed by atoms with Crippen LogP contribution in [0.5, 0.6) is 0 Å². The highest BCUT2D eigenvalue weighted by atomic mass is 35.5. The highest BCUT2D eigenvalue weighted by molar-refractivity contribution is 6.34. The van der Waals surface area contributed by atoms with E-state index < -0.39 is 45.1 Å². The molecule has 0 bridgehead atoms. The summed E-state index contributed by atoms with van der Waals surface area (Å²) in [7, 11) is 0. The molecule has 0 aliphatic heterocycles. The third-order valence-electron chi connectivity index (χ3n) is 5.23. The lowest BCUT2D eigenvalue weighted by Crippen LogP contribution is -2.57. The zero-order chi connectivity index (χ0) is 27.5. The van der Waals surface area contributed by atoms with Gasteiger partial charge in [0, 0.05) is 12.1 Å². The average molecular weight is 545 g/mol. The number of nitro benzene ring substituents is 2. The van der Waals surface area contributed by atoms with Gasteiger partial charge < -0.3 is 0 Å². The summed E-state index contributed by atoms with van der Waals surface area (Å²) in [5, 5.41) is 25.4. The third kappa shape index (κ3) is 6.22. The fourth-order valence-corrected chi connectivity index (χ4v) is 4.10. The van der Waals surface area contributed by atoms with Crippen molar-refractivity contribution in [2.75, 3.05) is 0 Å². The normalized spacial score (nSPS) is 11.1. The molecule has 0 spiro atoms. The van der Waals surface area contributed by atoms with E-state index in [-0.39, 0.29) is 26.7 Å². The Morgan fingerprint density at radius 2 is 1.22 bits per heavy atom. The van der Waals surface area contributed by atoms with Gasteiger partial charge >= 0.3 is 0 Å². The maximum Gasteiger partial charge on any atom is 0.276 e. The Morgan fingerprint density at radius 1 is 0.784 bits per heavy atom. The van der Waals surface area contributed by atoms with Crippen LogP contribution in [-0.4, -0.2) is 37.2 Å². The minimum atomic E-state index is -1.01. The summed E-state index contributed by atoms with van der Waals surface area (Å²) < 4.78 is 0. The van der Waals surface area contributed by atoms with E-state index >= 15 is 0 Å². The molecule has 0 aromatic heterocycles. The Bertz CT molecular complexity index is 1360. The molecule has 3 aromatic rings. The molecule has 2 amide bonds. The highest BCUT2D eigenvalue weighted by Gasteiger charge is 2.37. The lowest BCUT2D eigenvalue weighted by molar-refractivity contribution is -0.394. The molecule has 0 saturated carbocycles. The van der Waals surface area contributed by atoms with Crippen LogP contribution < -0.4 is 0 Å². The molecule has 37 heavy (non-hydrogen) atoms. The molecule has 0 unspecified atom stereocenters. The molecule has 0 saturated heterocycles. The Hall–Kier alpha value is -4.02. The van der Waals surface area contributed by atoms with Crippen LogP contribution in [0.15, 0.2) is 66.7 Å². The molecule has 12 heteroatoms. The summed E-state index contributed by atoms with van der Waals surface area (Å²) in [6, 6.07) is 15.5. The van der Waals surface area contributed by atoms with Crippen LogP contribution in [0.25, 0.3) is 0 Å². The monoisotopic (exact) mass is 544 g/mol. The SMILES string of the molecule is CC(C)(C)N(C(=O)c1ccccc1Cl)N(Cc1cc([N+](=O)[O-])cc([N+](=O)[O-])c1)C(=O)c1ccccc1Cl. The molecule has 10 nitrogen and oxygen atoms in total. The second-order valence-corrected chi connectivity index (χ2v) is 9.80. The first kappa shape index (κ1) is 27.6. The van der Waals surface area contributed by atoms with Gasteiger partial charge in [-0.15, -0.1) is 0 Å². The van der Waals surface area contributed by atoms with Gasteiger partial charge in [-0.3, -0.25) is 29.8 Å². The topological polar surface area (TPSA) is 127 Å². The Labute approximate surface area is 222 Å². The maximum atomic E-state index is 13.9. The number of non-ortho nitro benzene ring substituents is 2. The standard InChI is InChI=1S/C25H22Cl2N4O6/c1-25(2,3)29(24(33)20-9-5-7-11-22(20)27)28(23(32)19-8-4-6-10-21(19)26)15-16-12-17(30(34)35)14-18(13-16)31(36)37/h4-14H,15H2,1-3H3. The summed E-state index contributed by atoms with van der Waals surface area (Å²) in [5.41, 5.74) is -1.85. The van der Waals surface area contributed by atoms with E-state index in [9.17, 15) is 29.8 Å². The first-order valence-electron chi connectivity index (χ1n) is 10.9. The molecule has 0 radical (unpaired) electrons. The molecule has 3 rings (SSSR count). The van der Waals surface area contributed by atoms with E-state index in [1.165, 1.54) is 29.3 Å². The van der Waals surface area contributed by atoms with Crippen molar-refractivity contribution in [2.24, 2.45) is 0 Å². The lowest BCUT2D eigenvalue weighted by atomic mass is 10.0. The fourth-order valence-electron chi connectivity index (χ4n) is 3.66. The predicted molar refractivity (Wildman–Crippen MR) is 138 cm³/mol. The number of benzene rings is 3. The maximum absolute atomic E-state index is 13.9. The third-order valence-corrected chi connectivity index (χ3v) is 5.89. The number of hydrogen-bond acceptors (Lipinski definition) is 6. The molecule has 0 atom stereocenters. The van der Waals surface area contributed by atoms with Gasteiger partial charge in [-0.1, -0.05) is 47.5 Å². The summed E-state index contributed by atoms with van der Waals surface area (Å²) in [5.74, 6) is -1.33. The predicted octanol–water partition coefficient (Wildman–Crippen LogP) is 6.31.